The average molecular weight is 424 g/mol. The first-order valence-electron chi connectivity index (χ1n) is 10.7. The normalized spacial score (nSPS) is 25.7. The Morgan fingerprint density at radius 1 is 0.533 bits per heavy atom. The molecule has 0 amide bonds. The van der Waals surface area contributed by atoms with E-state index in [1.54, 1.807) is 27.7 Å². The van der Waals surface area contributed by atoms with E-state index < -0.39 is 47.5 Å². The van der Waals surface area contributed by atoms with Crippen LogP contribution in [0.1, 0.15) is 53.4 Å². The lowest BCUT2D eigenvalue weighted by atomic mass is 9.66. The van der Waals surface area contributed by atoms with Gasteiger partial charge in [-0.1, -0.05) is 11.1 Å². The van der Waals surface area contributed by atoms with Gasteiger partial charge >= 0.3 is 23.9 Å². The number of carbonyl (C=O) groups excluding carboxylic acids is 4. The van der Waals surface area contributed by atoms with Gasteiger partial charge < -0.3 is 18.9 Å². The predicted octanol–water partition coefficient (Wildman–Crippen LogP) is 2.59. The first kappa shape index (κ1) is 23.9. The summed E-state index contributed by atoms with van der Waals surface area (Å²) >= 11 is 0. The molecule has 0 aromatic carbocycles. The van der Waals surface area contributed by atoms with Crippen LogP contribution in [0.25, 0.3) is 0 Å². The number of rotatable bonds is 8. The summed E-state index contributed by atoms with van der Waals surface area (Å²) in [7, 11) is 0. The van der Waals surface area contributed by atoms with E-state index in [9.17, 15) is 19.2 Å². The smallest absolute Gasteiger partial charge is 0.310 e. The summed E-state index contributed by atoms with van der Waals surface area (Å²) in [6.07, 6.45) is 1.23. The molecule has 0 bridgehead atoms. The van der Waals surface area contributed by atoms with Gasteiger partial charge in [-0.05, 0) is 53.4 Å². The van der Waals surface area contributed by atoms with Crippen LogP contribution in [0.15, 0.2) is 11.1 Å². The maximum absolute atomic E-state index is 12.5. The van der Waals surface area contributed by atoms with Crippen molar-refractivity contribution >= 4 is 23.9 Å². The van der Waals surface area contributed by atoms with E-state index >= 15 is 0 Å². The van der Waals surface area contributed by atoms with E-state index in [2.05, 4.69) is 0 Å². The predicted molar refractivity (Wildman–Crippen MR) is 106 cm³/mol. The molecule has 0 unspecified atom stereocenters. The zero-order chi connectivity index (χ0) is 22.3. The maximum Gasteiger partial charge on any atom is 0.310 e. The lowest BCUT2D eigenvalue weighted by molar-refractivity contribution is -0.162. The first-order chi connectivity index (χ1) is 14.4. The SMILES string of the molecule is CCOC(=O)[C@H]1CC2=C(C[C@@H]1C(=O)OCC)C[C@@H](C(=O)OCC)[C@H](C(=O)OCC)C2. The van der Waals surface area contributed by atoms with Crippen molar-refractivity contribution in [3.05, 3.63) is 11.1 Å². The topological polar surface area (TPSA) is 105 Å². The van der Waals surface area contributed by atoms with Crippen molar-refractivity contribution in [1.82, 2.24) is 0 Å². The fraction of sp³-hybridized carbons (Fsp3) is 0.727. The van der Waals surface area contributed by atoms with Crippen molar-refractivity contribution < 1.29 is 38.1 Å². The van der Waals surface area contributed by atoms with Crippen LogP contribution in [0.2, 0.25) is 0 Å². The Morgan fingerprint density at radius 2 is 0.733 bits per heavy atom. The van der Waals surface area contributed by atoms with Crippen molar-refractivity contribution in [2.45, 2.75) is 53.4 Å². The molecule has 0 aromatic heterocycles. The van der Waals surface area contributed by atoms with Gasteiger partial charge in [0.25, 0.3) is 0 Å². The Bertz CT molecular complexity index is 581. The molecule has 0 saturated carbocycles. The van der Waals surface area contributed by atoms with Gasteiger partial charge in [0.2, 0.25) is 0 Å². The molecule has 4 atom stereocenters. The second kappa shape index (κ2) is 11.1. The van der Waals surface area contributed by atoms with Crippen molar-refractivity contribution in [2.24, 2.45) is 23.7 Å². The standard InChI is InChI=1S/C22H32O8/c1-5-27-19(23)15-9-13-11-17(21(25)29-7-3)18(22(26)30-8-4)12-14(13)10-16(15)20(24)28-6-2/h15-18H,5-12H2,1-4H3/t15-,16-,17+,18+. The van der Waals surface area contributed by atoms with Gasteiger partial charge in [-0.3, -0.25) is 19.2 Å². The molecule has 8 nitrogen and oxygen atoms in total. The summed E-state index contributed by atoms with van der Waals surface area (Å²) in [5, 5.41) is 0. The Kier molecular flexibility index (Phi) is 8.87. The second-order valence-electron chi connectivity index (χ2n) is 7.46. The highest BCUT2D eigenvalue weighted by Crippen LogP contribution is 2.46. The van der Waals surface area contributed by atoms with Crippen LogP contribution >= 0.6 is 0 Å². The zero-order valence-corrected chi connectivity index (χ0v) is 18.2. The van der Waals surface area contributed by atoms with Crippen LogP contribution in [0, 0.1) is 23.7 Å². The van der Waals surface area contributed by atoms with E-state index in [4.69, 9.17) is 18.9 Å². The lowest BCUT2D eigenvalue weighted by Gasteiger charge is -2.38. The van der Waals surface area contributed by atoms with Crippen LogP contribution < -0.4 is 0 Å². The molecule has 2 rings (SSSR count). The Hall–Kier alpha value is -2.38. The minimum absolute atomic E-state index is 0.215. The zero-order valence-electron chi connectivity index (χ0n) is 18.2. The number of carbonyl (C=O) groups is 4. The highest BCUT2D eigenvalue weighted by atomic mass is 16.5. The summed E-state index contributed by atoms with van der Waals surface area (Å²) in [5.74, 6) is -4.42. The monoisotopic (exact) mass is 424 g/mol. The second-order valence-corrected chi connectivity index (χ2v) is 7.46. The van der Waals surface area contributed by atoms with Crippen LogP contribution in [0.4, 0.5) is 0 Å². The molecule has 0 heterocycles. The van der Waals surface area contributed by atoms with E-state index in [1.807, 2.05) is 0 Å². The molecule has 168 valence electrons. The Balaban J connectivity index is 2.35. The van der Waals surface area contributed by atoms with Gasteiger partial charge in [0.05, 0.1) is 50.1 Å². The Labute approximate surface area is 177 Å². The summed E-state index contributed by atoms with van der Waals surface area (Å²) in [4.78, 5) is 50.2. The van der Waals surface area contributed by atoms with Gasteiger partial charge in [0, 0.05) is 0 Å². The van der Waals surface area contributed by atoms with Crippen molar-refractivity contribution in [2.75, 3.05) is 26.4 Å². The summed E-state index contributed by atoms with van der Waals surface area (Å²) in [5.41, 5.74) is 1.85. The third-order valence-corrected chi connectivity index (χ3v) is 5.69. The van der Waals surface area contributed by atoms with Gasteiger partial charge in [-0.15, -0.1) is 0 Å². The van der Waals surface area contributed by atoms with E-state index in [1.165, 1.54) is 0 Å². The number of esters is 4. The fourth-order valence-corrected chi connectivity index (χ4v) is 4.36. The molecule has 0 aromatic rings. The molecular formula is C22H32O8. The number of hydrogen-bond acceptors (Lipinski definition) is 8. The van der Waals surface area contributed by atoms with Crippen LogP contribution in [-0.4, -0.2) is 50.3 Å². The molecule has 2 aliphatic rings. The minimum atomic E-state index is -0.662. The van der Waals surface area contributed by atoms with Crippen LogP contribution in [0.5, 0.6) is 0 Å². The van der Waals surface area contributed by atoms with E-state index in [0.29, 0.717) is 25.7 Å². The molecule has 0 spiro atoms. The highest BCUT2D eigenvalue weighted by molar-refractivity contribution is 5.85. The largest absolute Gasteiger partial charge is 0.466 e. The van der Waals surface area contributed by atoms with Crippen LogP contribution in [0.3, 0.4) is 0 Å². The quantitative estimate of drug-likeness (QED) is 0.333. The third-order valence-electron chi connectivity index (χ3n) is 5.69. The van der Waals surface area contributed by atoms with Gasteiger partial charge in [0.15, 0.2) is 0 Å². The fourth-order valence-electron chi connectivity index (χ4n) is 4.36. The molecular weight excluding hydrogens is 392 g/mol. The van der Waals surface area contributed by atoms with Crippen molar-refractivity contribution in [3.63, 3.8) is 0 Å². The van der Waals surface area contributed by atoms with E-state index in [0.717, 1.165) is 11.1 Å². The average Bonchev–Trinajstić information content (AvgIpc) is 2.72. The maximum atomic E-state index is 12.5. The molecule has 0 aliphatic heterocycles. The minimum Gasteiger partial charge on any atom is -0.466 e. The van der Waals surface area contributed by atoms with Gasteiger partial charge in [-0.2, -0.15) is 0 Å². The Morgan fingerprint density at radius 3 is 0.900 bits per heavy atom. The number of allylic oxidation sites excluding steroid dienone is 2. The number of hydrogen-bond donors (Lipinski definition) is 0. The summed E-state index contributed by atoms with van der Waals surface area (Å²) < 4.78 is 20.8. The van der Waals surface area contributed by atoms with Crippen molar-refractivity contribution in [1.29, 1.82) is 0 Å². The highest BCUT2D eigenvalue weighted by Gasteiger charge is 2.47. The van der Waals surface area contributed by atoms with Crippen molar-refractivity contribution in [3.8, 4) is 0 Å². The lowest BCUT2D eigenvalue weighted by Crippen LogP contribution is -2.41. The molecule has 0 N–H and O–H groups in total. The molecule has 0 fully saturated rings. The van der Waals surface area contributed by atoms with Gasteiger partial charge in [0.1, 0.15) is 0 Å². The number of ether oxygens (including phenoxy) is 4. The van der Waals surface area contributed by atoms with E-state index in [-0.39, 0.29) is 26.4 Å². The third kappa shape index (κ3) is 5.40. The van der Waals surface area contributed by atoms with Crippen LogP contribution in [-0.2, 0) is 38.1 Å². The molecule has 2 aliphatic carbocycles. The molecule has 8 heteroatoms. The summed E-state index contributed by atoms with van der Waals surface area (Å²) in [6, 6.07) is 0. The molecule has 0 saturated heterocycles. The van der Waals surface area contributed by atoms with Gasteiger partial charge in [-0.25, -0.2) is 0 Å². The summed E-state index contributed by atoms with van der Waals surface area (Å²) in [6.45, 7) is 7.72. The molecule has 30 heavy (non-hydrogen) atoms. The first-order valence-corrected chi connectivity index (χ1v) is 10.7. The molecule has 0 radical (unpaired) electrons.